The normalized spacial score (nSPS) is 12.0. The van der Waals surface area contributed by atoms with Crippen LogP contribution >= 0.6 is 0 Å². The minimum atomic E-state index is -0.853. The van der Waals surface area contributed by atoms with Crippen LogP contribution in [0.2, 0.25) is 0 Å². The summed E-state index contributed by atoms with van der Waals surface area (Å²) in [6, 6.07) is 1.60. The zero-order valence-corrected chi connectivity index (χ0v) is 12.8. The molecule has 0 aliphatic rings. The van der Waals surface area contributed by atoms with Crippen LogP contribution in [-0.2, 0) is 11.3 Å². The van der Waals surface area contributed by atoms with E-state index < -0.39 is 5.97 Å². The second-order valence-corrected chi connectivity index (χ2v) is 5.24. The standard InChI is InChI=1S/C14H24N4O3/c1-10(5-6-13(19)20)16-14(21)15-7-4-8-18-12(3)9-11(2)17-18/h9-10H,4-8H2,1-3H3,(H,19,20)(H2,15,16,21). The monoisotopic (exact) mass is 296 g/mol. The molecule has 0 radical (unpaired) electrons. The second kappa shape index (κ2) is 8.28. The maximum atomic E-state index is 11.6. The number of nitrogens with zero attached hydrogens (tertiary/aromatic N) is 2. The summed E-state index contributed by atoms with van der Waals surface area (Å²) in [4.78, 5) is 22.0. The zero-order valence-electron chi connectivity index (χ0n) is 12.8. The van der Waals surface area contributed by atoms with Crippen molar-refractivity contribution in [3.63, 3.8) is 0 Å². The molecule has 1 unspecified atom stereocenters. The lowest BCUT2D eigenvalue weighted by Crippen LogP contribution is -2.41. The van der Waals surface area contributed by atoms with Gasteiger partial charge < -0.3 is 15.7 Å². The lowest BCUT2D eigenvalue weighted by molar-refractivity contribution is -0.137. The molecule has 0 aliphatic heterocycles. The number of aromatic nitrogens is 2. The molecular formula is C14H24N4O3. The minimum Gasteiger partial charge on any atom is -0.481 e. The second-order valence-electron chi connectivity index (χ2n) is 5.24. The van der Waals surface area contributed by atoms with Gasteiger partial charge >= 0.3 is 12.0 Å². The summed E-state index contributed by atoms with van der Waals surface area (Å²) in [7, 11) is 0. The van der Waals surface area contributed by atoms with E-state index in [1.807, 2.05) is 24.6 Å². The van der Waals surface area contributed by atoms with Crippen LogP contribution in [0.25, 0.3) is 0 Å². The van der Waals surface area contributed by atoms with Crippen molar-refractivity contribution in [1.29, 1.82) is 0 Å². The van der Waals surface area contributed by atoms with E-state index in [-0.39, 0.29) is 18.5 Å². The molecule has 118 valence electrons. The Labute approximate surface area is 124 Å². The summed E-state index contributed by atoms with van der Waals surface area (Å²) in [6.45, 7) is 7.06. The van der Waals surface area contributed by atoms with Gasteiger partial charge in [0.25, 0.3) is 0 Å². The van der Waals surface area contributed by atoms with Gasteiger partial charge in [0, 0.05) is 31.2 Å². The van der Waals surface area contributed by atoms with Crippen LogP contribution in [0.15, 0.2) is 6.07 Å². The highest BCUT2D eigenvalue weighted by Crippen LogP contribution is 2.02. The first-order chi connectivity index (χ1) is 9.88. The van der Waals surface area contributed by atoms with E-state index in [1.54, 1.807) is 6.92 Å². The zero-order chi connectivity index (χ0) is 15.8. The van der Waals surface area contributed by atoms with E-state index in [2.05, 4.69) is 15.7 Å². The molecule has 7 nitrogen and oxygen atoms in total. The number of amides is 2. The third-order valence-corrected chi connectivity index (χ3v) is 3.10. The summed E-state index contributed by atoms with van der Waals surface area (Å²) >= 11 is 0. The lowest BCUT2D eigenvalue weighted by atomic mass is 10.2. The molecule has 3 N–H and O–H groups in total. The van der Waals surface area contributed by atoms with Gasteiger partial charge in [0.1, 0.15) is 0 Å². The Bertz CT molecular complexity index is 485. The number of hydrogen-bond donors (Lipinski definition) is 3. The van der Waals surface area contributed by atoms with Gasteiger partial charge in [0.05, 0.1) is 5.69 Å². The Morgan fingerprint density at radius 2 is 2.14 bits per heavy atom. The van der Waals surface area contributed by atoms with Crippen molar-refractivity contribution >= 4 is 12.0 Å². The first-order valence-electron chi connectivity index (χ1n) is 7.15. The molecule has 0 spiro atoms. The number of carbonyl (C=O) groups excluding carboxylic acids is 1. The first-order valence-corrected chi connectivity index (χ1v) is 7.15. The van der Waals surface area contributed by atoms with E-state index in [0.717, 1.165) is 24.4 Å². The van der Waals surface area contributed by atoms with Crippen LogP contribution < -0.4 is 10.6 Å². The fourth-order valence-electron chi connectivity index (χ4n) is 2.02. The average Bonchev–Trinajstić information content (AvgIpc) is 2.70. The predicted octanol–water partition coefficient (Wildman–Crippen LogP) is 1.44. The molecule has 21 heavy (non-hydrogen) atoms. The van der Waals surface area contributed by atoms with E-state index >= 15 is 0 Å². The highest BCUT2D eigenvalue weighted by Gasteiger charge is 2.08. The smallest absolute Gasteiger partial charge is 0.314 e. The first kappa shape index (κ1) is 17.0. The summed E-state index contributed by atoms with van der Waals surface area (Å²) in [6.07, 6.45) is 1.27. The van der Waals surface area contributed by atoms with Gasteiger partial charge in [-0.3, -0.25) is 9.48 Å². The van der Waals surface area contributed by atoms with Crippen LogP contribution in [0.4, 0.5) is 4.79 Å². The minimum absolute atomic E-state index is 0.0549. The van der Waals surface area contributed by atoms with E-state index in [1.165, 1.54) is 0 Å². The van der Waals surface area contributed by atoms with Gasteiger partial charge in [-0.1, -0.05) is 0 Å². The molecule has 0 aliphatic carbocycles. The van der Waals surface area contributed by atoms with Crippen molar-refractivity contribution in [2.45, 2.75) is 52.6 Å². The van der Waals surface area contributed by atoms with Crippen LogP contribution in [0.3, 0.4) is 0 Å². The molecule has 1 heterocycles. The molecule has 0 aromatic carbocycles. The Kier molecular flexibility index (Phi) is 6.71. The SMILES string of the molecule is Cc1cc(C)n(CCCNC(=O)NC(C)CCC(=O)O)n1. The predicted molar refractivity (Wildman–Crippen MR) is 79.2 cm³/mol. The molecule has 1 aromatic rings. The summed E-state index contributed by atoms with van der Waals surface area (Å²) in [5.74, 6) is -0.853. The number of carbonyl (C=O) groups is 2. The lowest BCUT2D eigenvalue weighted by Gasteiger charge is -2.13. The largest absolute Gasteiger partial charge is 0.481 e. The van der Waals surface area contributed by atoms with Crippen molar-refractivity contribution in [3.8, 4) is 0 Å². The Morgan fingerprint density at radius 1 is 1.43 bits per heavy atom. The number of aliphatic carboxylic acids is 1. The average molecular weight is 296 g/mol. The van der Waals surface area contributed by atoms with Gasteiger partial charge in [0.15, 0.2) is 0 Å². The maximum Gasteiger partial charge on any atom is 0.314 e. The molecule has 1 aromatic heterocycles. The highest BCUT2D eigenvalue weighted by molar-refractivity contribution is 5.74. The number of carboxylic acid groups (broad SMARTS) is 1. The molecular weight excluding hydrogens is 272 g/mol. The third kappa shape index (κ3) is 6.78. The number of rotatable bonds is 8. The van der Waals surface area contributed by atoms with Crippen LogP contribution in [0.5, 0.6) is 0 Å². The van der Waals surface area contributed by atoms with E-state index in [0.29, 0.717) is 13.0 Å². The number of aryl methyl sites for hydroxylation is 3. The molecule has 0 saturated carbocycles. The Hall–Kier alpha value is -2.05. The fourth-order valence-corrected chi connectivity index (χ4v) is 2.02. The third-order valence-electron chi connectivity index (χ3n) is 3.10. The van der Waals surface area contributed by atoms with Crippen molar-refractivity contribution < 1.29 is 14.7 Å². The molecule has 1 atom stereocenters. The van der Waals surface area contributed by atoms with Gasteiger partial charge in [-0.25, -0.2) is 4.79 Å². The molecule has 0 saturated heterocycles. The van der Waals surface area contributed by atoms with Crippen molar-refractivity contribution in [3.05, 3.63) is 17.5 Å². The Morgan fingerprint density at radius 3 is 2.71 bits per heavy atom. The van der Waals surface area contributed by atoms with Gasteiger partial charge in [-0.05, 0) is 39.7 Å². The van der Waals surface area contributed by atoms with Crippen LogP contribution in [-0.4, -0.2) is 39.5 Å². The summed E-state index contributed by atoms with van der Waals surface area (Å²) in [5.41, 5.74) is 2.10. The molecule has 7 heteroatoms. The molecule has 0 bridgehead atoms. The fraction of sp³-hybridized carbons (Fsp3) is 0.643. The quantitative estimate of drug-likeness (QED) is 0.632. The van der Waals surface area contributed by atoms with Crippen molar-refractivity contribution in [1.82, 2.24) is 20.4 Å². The van der Waals surface area contributed by atoms with E-state index in [9.17, 15) is 9.59 Å². The van der Waals surface area contributed by atoms with Crippen LogP contribution in [0, 0.1) is 13.8 Å². The van der Waals surface area contributed by atoms with Gasteiger partial charge in [0.2, 0.25) is 0 Å². The number of urea groups is 1. The summed E-state index contributed by atoms with van der Waals surface area (Å²) in [5, 5.41) is 18.4. The van der Waals surface area contributed by atoms with E-state index in [4.69, 9.17) is 5.11 Å². The molecule has 1 rings (SSSR count). The van der Waals surface area contributed by atoms with Crippen molar-refractivity contribution in [2.24, 2.45) is 0 Å². The van der Waals surface area contributed by atoms with Crippen LogP contribution in [0.1, 0.15) is 37.6 Å². The number of hydrogen-bond acceptors (Lipinski definition) is 3. The van der Waals surface area contributed by atoms with Gasteiger partial charge in [-0.15, -0.1) is 0 Å². The van der Waals surface area contributed by atoms with Crippen molar-refractivity contribution in [2.75, 3.05) is 6.54 Å². The topological polar surface area (TPSA) is 96.2 Å². The van der Waals surface area contributed by atoms with Gasteiger partial charge in [-0.2, -0.15) is 5.10 Å². The summed E-state index contributed by atoms with van der Waals surface area (Å²) < 4.78 is 1.92. The Balaban J connectivity index is 2.16. The number of carboxylic acids is 1. The molecule has 0 fully saturated rings. The maximum absolute atomic E-state index is 11.6. The highest BCUT2D eigenvalue weighted by atomic mass is 16.4. The number of nitrogens with one attached hydrogen (secondary N) is 2. The molecule has 2 amide bonds.